The molecule has 0 aliphatic heterocycles. The summed E-state index contributed by atoms with van der Waals surface area (Å²) in [5, 5.41) is 3.24. The van der Waals surface area contributed by atoms with E-state index in [1.807, 2.05) is 13.8 Å². The number of carbonyl (C=O) groups excluding carboxylic acids is 1. The second kappa shape index (κ2) is 9.24. The summed E-state index contributed by atoms with van der Waals surface area (Å²) in [6.45, 7) is 4.08. The molecule has 7 heteroatoms. The third kappa shape index (κ3) is 6.56. The third-order valence-electron chi connectivity index (χ3n) is 4.22. The molecule has 2 aromatic carbocycles. The van der Waals surface area contributed by atoms with Crippen molar-refractivity contribution < 1.29 is 13.2 Å². The van der Waals surface area contributed by atoms with Crippen molar-refractivity contribution in [3.8, 4) is 0 Å². The normalized spacial score (nSPS) is 11.3. The number of anilines is 1. The summed E-state index contributed by atoms with van der Waals surface area (Å²) >= 11 is 6.09. The number of nitrogens with zero attached hydrogens (tertiary/aromatic N) is 1. The van der Waals surface area contributed by atoms with Crippen molar-refractivity contribution in [3.63, 3.8) is 0 Å². The van der Waals surface area contributed by atoms with Crippen LogP contribution in [-0.4, -0.2) is 33.7 Å². The van der Waals surface area contributed by atoms with Gasteiger partial charge in [0, 0.05) is 11.6 Å². The predicted molar refractivity (Wildman–Crippen MR) is 111 cm³/mol. The van der Waals surface area contributed by atoms with Crippen molar-refractivity contribution in [3.05, 3.63) is 64.2 Å². The molecule has 0 heterocycles. The van der Waals surface area contributed by atoms with Crippen molar-refractivity contribution in [2.45, 2.75) is 26.7 Å². The van der Waals surface area contributed by atoms with E-state index < -0.39 is 10.0 Å². The highest BCUT2D eigenvalue weighted by molar-refractivity contribution is 7.92. The maximum atomic E-state index is 12.2. The van der Waals surface area contributed by atoms with Gasteiger partial charge in [0.05, 0.1) is 11.9 Å². The Hall–Kier alpha value is -2.05. The van der Waals surface area contributed by atoms with Crippen molar-refractivity contribution >= 4 is 33.2 Å². The van der Waals surface area contributed by atoms with Gasteiger partial charge >= 0.3 is 0 Å². The fourth-order valence-corrected chi connectivity index (χ4v) is 3.62. The first-order chi connectivity index (χ1) is 12.7. The number of benzene rings is 2. The average Bonchev–Trinajstić information content (AvgIpc) is 2.60. The summed E-state index contributed by atoms with van der Waals surface area (Å²) < 4.78 is 25.3. The molecule has 0 radical (unpaired) electrons. The summed E-state index contributed by atoms with van der Waals surface area (Å²) in [6, 6.07) is 13.2. The van der Waals surface area contributed by atoms with Gasteiger partial charge in [-0.1, -0.05) is 47.5 Å². The number of hydrogen-bond donors (Lipinski definition) is 1. The van der Waals surface area contributed by atoms with E-state index in [-0.39, 0.29) is 12.5 Å². The van der Waals surface area contributed by atoms with Crippen molar-refractivity contribution in [2.75, 3.05) is 23.7 Å². The maximum Gasteiger partial charge on any atom is 0.240 e. The fourth-order valence-electron chi connectivity index (χ4n) is 2.60. The number of halogens is 1. The van der Waals surface area contributed by atoms with Crippen LogP contribution < -0.4 is 9.62 Å². The minimum Gasteiger partial charge on any atom is -0.355 e. The van der Waals surface area contributed by atoms with Gasteiger partial charge in [0.1, 0.15) is 6.54 Å². The van der Waals surface area contributed by atoms with Crippen molar-refractivity contribution in [1.29, 1.82) is 0 Å². The van der Waals surface area contributed by atoms with Crippen molar-refractivity contribution in [1.82, 2.24) is 5.32 Å². The molecule has 146 valence electrons. The monoisotopic (exact) mass is 408 g/mol. The van der Waals surface area contributed by atoms with Crippen LogP contribution in [0.2, 0.25) is 5.02 Å². The van der Waals surface area contributed by atoms with Gasteiger partial charge in [-0.3, -0.25) is 9.10 Å². The van der Waals surface area contributed by atoms with E-state index in [0.29, 0.717) is 17.3 Å². The van der Waals surface area contributed by atoms with Gasteiger partial charge in [-0.15, -0.1) is 0 Å². The maximum absolute atomic E-state index is 12.2. The summed E-state index contributed by atoms with van der Waals surface area (Å²) in [6.07, 6.45) is 2.71. The molecule has 1 amide bonds. The van der Waals surface area contributed by atoms with E-state index in [9.17, 15) is 13.2 Å². The highest BCUT2D eigenvalue weighted by Crippen LogP contribution is 2.24. The number of carbonyl (C=O) groups is 1. The van der Waals surface area contributed by atoms with Crippen molar-refractivity contribution in [2.24, 2.45) is 0 Å². The van der Waals surface area contributed by atoms with Crippen LogP contribution in [0.3, 0.4) is 0 Å². The minimum absolute atomic E-state index is 0.275. The highest BCUT2D eigenvalue weighted by Gasteiger charge is 2.21. The molecule has 2 aromatic rings. The van der Waals surface area contributed by atoms with Crippen LogP contribution in [0.5, 0.6) is 0 Å². The number of aryl methyl sites for hydroxylation is 3. The molecule has 0 aliphatic carbocycles. The summed E-state index contributed by atoms with van der Waals surface area (Å²) in [7, 11) is -3.61. The third-order valence-corrected chi connectivity index (χ3v) is 5.76. The van der Waals surface area contributed by atoms with Gasteiger partial charge in [-0.25, -0.2) is 8.42 Å². The van der Waals surface area contributed by atoms with Crippen LogP contribution in [-0.2, 0) is 21.2 Å². The van der Waals surface area contributed by atoms with Gasteiger partial charge < -0.3 is 5.32 Å². The van der Waals surface area contributed by atoms with Crippen LogP contribution in [0.15, 0.2) is 42.5 Å². The topological polar surface area (TPSA) is 66.5 Å². The fraction of sp³-hybridized carbons (Fsp3) is 0.350. The van der Waals surface area contributed by atoms with Crippen LogP contribution in [0.4, 0.5) is 5.69 Å². The molecular weight excluding hydrogens is 384 g/mol. The molecule has 0 saturated heterocycles. The largest absolute Gasteiger partial charge is 0.355 e. The lowest BCUT2D eigenvalue weighted by Crippen LogP contribution is -2.40. The molecule has 0 aliphatic rings. The van der Waals surface area contributed by atoms with Crippen LogP contribution in [0, 0.1) is 13.8 Å². The second-order valence-electron chi connectivity index (χ2n) is 6.64. The summed E-state index contributed by atoms with van der Waals surface area (Å²) in [5.41, 5.74) is 3.64. The van der Waals surface area contributed by atoms with Gasteiger partial charge in [0.15, 0.2) is 0 Å². The number of amides is 1. The van der Waals surface area contributed by atoms with Crippen LogP contribution >= 0.6 is 11.6 Å². The van der Waals surface area contributed by atoms with E-state index in [1.54, 1.807) is 18.2 Å². The molecule has 1 N–H and O–H groups in total. The smallest absolute Gasteiger partial charge is 0.240 e. The lowest BCUT2D eigenvalue weighted by molar-refractivity contribution is -0.119. The van der Waals surface area contributed by atoms with E-state index in [2.05, 4.69) is 29.6 Å². The summed E-state index contributed by atoms with van der Waals surface area (Å²) in [4.78, 5) is 12.2. The van der Waals surface area contributed by atoms with E-state index >= 15 is 0 Å². The minimum atomic E-state index is -3.61. The first-order valence-corrected chi connectivity index (χ1v) is 11.0. The Bertz CT molecular complexity index is 896. The first kappa shape index (κ1) is 21.3. The Labute approximate surface area is 166 Å². The Kier molecular flexibility index (Phi) is 7.27. The van der Waals surface area contributed by atoms with E-state index in [4.69, 9.17) is 11.6 Å². The molecule has 2 rings (SSSR count). The highest BCUT2D eigenvalue weighted by atomic mass is 35.5. The number of rotatable bonds is 8. The average molecular weight is 409 g/mol. The van der Waals surface area contributed by atoms with Gasteiger partial charge in [0.25, 0.3) is 0 Å². The number of sulfonamides is 1. The summed E-state index contributed by atoms with van der Waals surface area (Å²) in [5.74, 6) is -0.346. The van der Waals surface area contributed by atoms with E-state index in [1.165, 1.54) is 11.1 Å². The van der Waals surface area contributed by atoms with Crippen LogP contribution in [0.25, 0.3) is 0 Å². The Morgan fingerprint density at radius 2 is 1.78 bits per heavy atom. The standard InChI is InChI=1S/C20H25ClN2O3S/c1-15-6-9-17(10-7-15)5-4-12-22-20(24)14-23(27(3,25)26)18-11-8-16(2)19(21)13-18/h6-11,13H,4-5,12,14H2,1-3H3,(H,22,24). The number of hydrogen-bond acceptors (Lipinski definition) is 3. The lowest BCUT2D eigenvalue weighted by Gasteiger charge is -2.22. The SMILES string of the molecule is Cc1ccc(CCCNC(=O)CN(c2ccc(C)c(Cl)c2)S(C)(=O)=O)cc1. The zero-order valence-electron chi connectivity index (χ0n) is 15.8. The van der Waals surface area contributed by atoms with Crippen LogP contribution in [0.1, 0.15) is 23.1 Å². The zero-order chi connectivity index (χ0) is 20.0. The Morgan fingerprint density at radius 3 is 2.37 bits per heavy atom. The predicted octanol–water partition coefficient (Wildman–Crippen LogP) is 3.47. The molecule has 0 spiro atoms. The quantitative estimate of drug-likeness (QED) is 0.680. The van der Waals surface area contributed by atoms with E-state index in [0.717, 1.165) is 29.0 Å². The molecule has 0 fully saturated rings. The first-order valence-electron chi connectivity index (χ1n) is 8.73. The number of nitrogens with one attached hydrogen (secondary N) is 1. The molecule has 0 aromatic heterocycles. The Morgan fingerprint density at radius 1 is 1.11 bits per heavy atom. The van der Waals surface area contributed by atoms with Gasteiger partial charge in [-0.05, 0) is 49.9 Å². The molecule has 0 bridgehead atoms. The van der Waals surface area contributed by atoms with Gasteiger partial charge in [0.2, 0.25) is 15.9 Å². The lowest BCUT2D eigenvalue weighted by atomic mass is 10.1. The molecule has 0 unspecified atom stereocenters. The molecule has 5 nitrogen and oxygen atoms in total. The molecular formula is C20H25ClN2O3S. The molecule has 27 heavy (non-hydrogen) atoms. The molecule has 0 saturated carbocycles. The second-order valence-corrected chi connectivity index (χ2v) is 8.96. The molecule has 0 atom stereocenters. The van der Waals surface area contributed by atoms with Gasteiger partial charge in [-0.2, -0.15) is 0 Å². The Balaban J connectivity index is 1.92. The zero-order valence-corrected chi connectivity index (χ0v) is 17.4.